The molecule has 5 heteroatoms. The molecular formula is C14H18ClNO2S. The molecule has 2 rings (SSSR count). The monoisotopic (exact) mass is 299 g/mol. The first-order valence-corrected chi connectivity index (χ1v) is 8.11. The average Bonchev–Trinajstić information content (AvgIpc) is 2.30. The number of nitrogens with zero attached hydrogens (tertiary/aromatic N) is 1. The second-order valence-electron chi connectivity index (χ2n) is 5.52. The van der Waals surface area contributed by atoms with Crippen LogP contribution in [0, 0.1) is 6.92 Å². The normalized spacial score (nSPS) is 22.3. The maximum atomic E-state index is 12.6. The van der Waals surface area contributed by atoms with Gasteiger partial charge in [-0.15, -0.1) is 0 Å². The maximum absolute atomic E-state index is 12.6. The molecule has 104 valence electrons. The topological polar surface area (TPSA) is 37.4 Å². The summed E-state index contributed by atoms with van der Waals surface area (Å²) in [4.78, 5) is 14.4. The summed E-state index contributed by atoms with van der Waals surface area (Å²) in [5.41, 5.74) is 1.17. The molecule has 1 heterocycles. The molecule has 1 saturated heterocycles. The summed E-state index contributed by atoms with van der Waals surface area (Å²) >= 11 is 5.98. The van der Waals surface area contributed by atoms with Gasteiger partial charge in [0.05, 0.1) is 0 Å². The molecule has 1 aromatic carbocycles. The Balaban J connectivity index is 2.28. The minimum atomic E-state index is -0.826. The minimum absolute atomic E-state index is 0.0125. The Morgan fingerprint density at radius 3 is 2.68 bits per heavy atom. The molecule has 1 aliphatic rings. The van der Waals surface area contributed by atoms with Crippen LogP contribution >= 0.6 is 11.6 Å². The summed E-state index contributed by atoms with van der Waals surface area (Å²) in [6.07, 6.45) is 0. The number of carbonyl (C=O) groups excluding carboxylic acids is 1. The van der Waals surface area contributed by atoms with Crippen LogP contribution in [0.2, 0.25) is 5.02 Å². The van der Waals surface area contributed by atoms with Gasteiger partial charge in [0.15, 0.2) is 0 Å². The van der Waals surface area contributed by atoms with E-state index in [4.69, 9.17) is 11.6 Å². The van der Waals surface area contributed by atoms with Gasteiger partial charge >= 0.3 is 0 Å². The molecular weight excluding hydrogens is 282 g/mol. The molecule has 0 unspecified atom stereocenters. The van der Waals surface area contributed by atoms with E-state index < -0.39 is 10.8 Å². The van der Waals surface area contributed by atoms with Gasteiger partial charge in [0.2, 0.25) is 0 Å². The van der Waals surface area contributed by atoms with Gasteiger partial charge in [0.1, 0.15) is 0 Å². The second kappa shape index (κ2) is 5.25. The van der Waals surface area contributed by atoms with E-state index in [1.165, 1.54) is 0 Å². The lowest BCUT2D eigenvalue weighted by Gasteiger charge is -2.42. The van der Waals surface area contributed by atoms with Crippen LogP contribution in [0.3, 0.4) is 0 Å². The van der Waals surface area contributed by atoms with Crippen molar-refractivity contribution in [2.24, 2.45) is 0 Å². The first-order chi connectivity index (χ1) is 8.81. The molecule has 1 aromatic rings. The highest BCUT2D eigenvalue weighted by Crippen LogP contribution is 2.24. The summed E-state index contributed by atoms with van der Waals surface area (Å²) in [7, 11) is -0.826. The van der Waals surface area contributed by atoms with E-state index in [0.29, 0.717) is 28.6 Å². The number of benzene rings is 1. The molecule has 0 spiro atoms. The van der Waals surface area contributed by atoms with Crippen molar-refractivity contribution in [3.8, 4) is 0 Å². The fraction of sp³-hybridized carbons (Fsp3) is 0.500. The third-order valence-electron chi connectivity index (χ3n) is 3.44. The van der Waals surface area contributed by atoms with Crippen LogP contribution in [-0.4, -0.2) is 38.6 Å². The maximum Gasteiger partial charge on any atom is 0.254 e. The van der Waals surface area contributed by atoms with E-state index >= 15 is 0 Å². The molecule has 0 aliphatic carbocycles. The van der Waals surface area contributed by atoms with Crippen LogP contribution < -0.4 is 0 Å². The van der Waals surface area contributed by atoms with Crippen molar-refractivity contribution < 1.29 is 9.00 Å². The van der Waals surface area contributed by atoms with E-state index in [1.807, 2.05) is 31.7 Å². The molecule has 1 amide bonds. The molecule has 0 radical (unpaired) electrons. The minimum Gasteiger partial charge on any atom is -0.332 e. The van der Waals surface area contributed by atoms with Crippen molar-refractivity contribution in [1.82, 2.24) is 4.90 Å². The molecule has 0 bridgehead atoms. The van der Waals surface area contributed by atoms with E-state index in [0.717, 1.165) is 5.56 Å². The van der Waals surface area contributed by atoms with Gasteiger partial charge in [-0.2, -0.15) is 0 Å². The Kier molecular flexibility index (Phi) is 4.02. The smallest absolute Gasteiger partial charge is 0.254 e. The van der Waals surface area contributed by atoms with Crippen molar-refractivity contribution in [3.63, 3.8) is 0 Å². The first kappa shape index (κ1) is 14.5. The number of rotatable bonds is 1. The molecule has 0 N–H and O–H groups in total. The van der Waals surface area contributed by atoms with Crippen LogP contribution in [0.5, 0.6) is 0 Å². The van der Waals surface area contributed by atoms with E-state index in [2.05, 4.69) is 0 Å². The quantitative estimate of drug-likeness (QED) is 0.799. The van der Waals surface area contributed by atoms with Gasteiger partial charge in [0, 0.05) is 45.0 Å². The Morgan fingerprint density at radius 2 is 2.11 bits per heavy atom. The average molecular weight is 300 g/mol. The number of aryl methyl sites for hydroxylation is 1. The summed E-state index contributed by atoms with van der Waals surface area (Å²) in [6, 6.07) is 5.31. The summed E-state index contributed by atoms with van der Waals surface area (Å²) < 4.78 is 11.6. The predicted octanol–water partition coefficient (Wildman–Crippen LogP) is 2.63. The Hall–Kier alpha value is -0.870. The largest absolute Gasteiger partial charge is 0.332 e. The standard InChI is InChI=1S/C14H18ClNO2S/c1-10-8-11(4-5-12(10)15)13(17)16-6-7-19(18)9-14(16,2)3/h4-5,8H,6-7,9H2,1-3H3/t19-/m1/s1. The van der Waals surface area contributed by atoms with Crippen LogP contribution in [0.25, 0.3) is 0 Å². The fourth-order valence-electron chi connectivity index (χ4n) is 2.35. The summed E-state index contributed by atoms with van der Waals surface area (Å²) in [5.74, 6) is 1.08. The van der Waals surface area contributed by atoms with Crippen molar-refractivity contribution >= 4 is 28.3 Å². The van der Waals surface area contributed by atoms with E-state index in [-0.39, 0.29) is 11.4 Å². The molecule has 0 aromatic heterocycles. The number of hydrogen-bond acceptors (Lipinski definition) is 2. The van der Waals surface area contributed by atoms with E-state index in [9.17, 15) is 9.00 Å². The lowest BCUT2D eigenvalue weighted by molar-refractivity contribution is 0.0594. The third kappa shape index (κ3) is 3.00. The molecule has 0 saturated carbocycles. The Morgan fingerprint density at radius 1 is 1.42 bits per heavy atom. The predicted molar refractivity (Wildman–Crippen MR) is 79.2 cm³/mol. The van der Waals surface area contributed by atoms with Gasteiger partial charge in [-0.1, -0.05) is 11.6 Å². The van der Waals surface area contributed by atoms with Gasteiger partial charge in [-0.05, 0) is 44.5 Å². The summed E-state index contributed by atoms with van der Waals surface area (Å²) in [6.45, 7) is 6.35. The highest BCUT2D eigenvalue weighted by atomic mass is 35.5. The zero-order valence-corrected chi connectivity index (χ0v) is 13.0. The van der Waals surface area contributed by atoms with Crippen LogP contribution in [0.1, 0.15) is 29.8 Å². The number of halogens is 1. The highest BCUT2D eigenvalue weighted by molar-refractivity contribution is 7.85. The van der Waals surface area contributed by atoms with Crippen molar-refractivity contribution in [1.29, 1.82) is 0 Å². The SMILES string of the molecule is Cc1cc(C(=O)N2CC[S@@](=O)CC2(C)C)ccc1Cl. The zero-order valence-electron chi connectivity index (χ0n) is 11.4. The van der Waals surface area contributed by atoms with Crippen molar-refractivity contribution in [3.05, 3.63) is 34.3 Å². The van der Waals surface area contributed by atoms with Crippen LogP contribution in [-0.2, 0) is 10.8 Å². The second-order valence-corrected chi connectivity index (χ2v) is 7.51. The van der Waals surface area contributed by atoms with Crippen LogP contribution in [0.4, 0.5) is 0 Å². The zero-order chi connectivity index (χ0) is 14.2. The number of carbonyl (C=O) groups is 1. The number of hydrogen-bond donors (Lipinski definition) is 0. The Bertz CT molecular complexity index is 542. The van der Waals surface area contributed by atoms with Crippen molar-refractivity contribution in [2.45, 2.75) is 26.3 Å². The summed E-state index contributed by atoms with van der Waals surface area (Å²) in [5, 5.41) is 0.663. The molecule has 1 atom stereocenters. The highest BCUT2D eigenvalue weighted by Gasteiger charge is 2.36. The number of amides is 1. The third-order valence-corrected chi connectivity index (χ3v) is 5.53. The Labute approximate surface area is 121 Å². The molecule has 1 aliphatic heterocycles. The van der Waals surface area contributed by atoms with Gasteiger partial charge in [-0.25, -0.2) is 0 Å². The molecule has 3 nitrogen and oxygen atoms in total. The van der Waals surface area contributed by atoms with Gasteiger partial charge < -0.3 is 4.90 Å². The van der Waals surface area contributed by atoms with E-state index in [1.54, 1.807) is 12.1 Å². The van der Waals surface area contributed by atoms with Gasteiger partial charge in [0.25, 0.3) is 5.91 Å². The first-order valence-electron chi connectivity index (χ1n) is 6.24. The molecule has 19 heavy (non-hydrogen) atoms. The molecule has 1 fully saturated rings. The van der Waals surface area contributed by atoms with Crippen molar-refractivity contribution in [2.75, 3.05) is 18.1 Å². The lowest BCUT2D eigenvalue weighted by Crippen LogP contribution is -2.56. The van der Waals surface area contributed by atoms with Crippen LogP contribution in [0.15, 0.2) is 18.2 Å². The fourth-order valence-corrected chi connectivity index (χ4v) is 3.94. The van der Waals surface area contributed by atoms with Gasteiger partial charge in [-0.3, -0.25) is 9.00 Å². The lowest BCUT2D eigenvalue weighted by atomic mass is 10.0.